The first kappa shape index (κ1) is 18.5. The third-order valence-corrected chi connectivity index (χ3v) is 5.72. The van der Waals surface area contributed by atoms with Gasteiger partial charge in [-0.1, -0.05) is 36.8 Å². The molecule has 1 aromatic carbocycles. The smallest absolute Gasteiger partial charge is 0.262 e. The van der Waals surface area contributed by atoms with E-state index in [0.29, 0.717) is 22.1 Å². The predicted molar refractivity (Wildman–Crippen MR) is 106 cm³/mol. The standard InChI is InChI=1S/C18H19ClN4O2S/c1-5-23-8-12(15(24)11-6-7-13(19)10(4)14(11)23)16(25)20-18-22-21-17(26-18)9(2)3/h6-9H,5H2,1-4H3,(H,20,22,25). The summed E-state index contributed by atoms with van der Waals surface area (Å²) in [6, 6.07) is 3.35. The molecule has 3 rings (SSSR count). The number of nitrogens with zero attached hydrogens (tertiary/aromatic N) is 3. The Morgan fingerprint density at radius 1 is 1.35 bits per heavy atom. The third-order valence-electron chi connectivity index (χ3n) is 4.17. The second-order valence-electron chi connectivity index (χ2n) is 6.28. The lowest BCUT2D eigenvalue weighted by Gasteiger charge is -2.14. The summed E-state index contributed by atoms with van der Waals surface area (Å²) in [6.07, 6.45) is 1.58. The maximum Gasteiger partial charge on any atom is 0.262 e. The number of aromatic nitrogens is 3. The topological polar surface area (TPSA) is 76.9 Å². The molecule has 0 fully saturated rings. The van der Waals surface area contributed by atoms with Gasteiger partial charge in [-0.2, -0.15) is 0 Å². The van der Waals surface area contributed by atoms with Gasteiger partial charge >= 0.3 is 0 Å². The molecule has 0 bridgehead atoms. The van der Waals surface area contributed by atoms with Crippen LogP contribution in [0.15, 0.2) is 23.1 Å². The van der Waals surface area contributed by atoms with Crippen LogP contribution in [0.3, 0.4) is 0 Å². The maximum atomic E-state index is 12.9. The molecular formula is C18H19ClN4O2S. The van der Waals surface area contributed by atoms with E-state index in [0.717, 1.165) is 16.1 Å². The van der Waals surface area contributed by atoms with Crippen LogP contribution in [0, 0.1) is 6.92 Å². The summed E-state index contributed by atoms with van der Waals surface area (Å²) < 4.78 is 1.87. The van der Waals surface area contributed by atoms with Gasteiger partial charge in [-0.05, 0) is 31.5 Å². The number of pyridine rings is 1. The van der Waals surface area contributed by atoms with Gasteiger partial charge in [0.1, 0.15) is 10.6 Å². The molecule has 0 radical (unpaired) electrons. The highest BCUT2D eigenvalue weighted by atomic mass is 35.5. The summed E-state index contributed by atoms with van der Waals surface area (Å²) in [5.41, 5.74) is 1.32. The SMILES string of the molecule is CCn1cc(C(=O)Nc2nnc(C(C)C)s2)c(=O)c2ccc(Cl)c(C)c21. The average molecular weight is 391 g/mol. The molecule has 1 amide bonds. The molecule has 1 N–H and O–H groups in total. The molecule has 0 unspecified atom stereocenters. The van der Waals surface area contributed by atoms with Crippen molar-refractivity contribution in [2.75, 3.05) is 5.32 Å². The van der Waals surface area contributed by atoms with E-state index in [1.165, 1.54) is 11.3 Å². The lowest BCUT2D eigenvalue weighted by Crippen LogP contribution is -2.24. The van der Waals surface area contributed by atoms with E-state index in [4.69, 9.17) is 11.6 Å². The van der Waals surface area contributed by atoms with Crippen molar-refractivity contribution in [1.82, 2.24) is 14.8 Å². The second-order valence-corrected chi connectivity index (χ2v) is 7.70. The predicted octanol–water partition coefficient (Wildman–Crippen LogP) is 4.21. The van der Waals surface area contributed by atoms with Crippen molar-refractivity contribution in [3.05, 3.63) is 49.7 Å². The number of aryl methyl sites for hydroxylation is 2. The van der Waals surface area contributed by atoms with Gasteiger partial charge in [0.2, 0.25) is 10.6 Å². The van der Waals surface area contributed by atoms with Gasteiger partial charge in [-0.25, -0.2) is 0 Å². The number of hydrogen-bond acceptors (Lipinski definition) is 5. The van der Waals surface area contributed by atoms with Crippen LogP contribution < -0.4 is 10.7 Å². The summed E-state index contributed by atoms with van der Waals surface area (Å²) in [5.74, 6) is -0.262. The number of halogens is 1. The highest BCUT2D eigenvalue weighted by Gasteiger charge is 2.19. The van der Waals surface area contributed by atoms with E-state index in [-0.39, 0.29) is 16.9 Å². The van der Waals surface area contributed by atoms with Gasteiger partial charge in [0.05, 0.1) is 5.52 Å². The molecule has 0 spiro atoms. The summed E-state index contributed by atoms with van der Waals surface area (Å²) >= 11 is 7.51. The first-order valence-corrected chi connectivity index (χ1v) is 9.50. The van der Waals surface area contributed by atoms with Gasteiger partial charge in [0, 0.05) is 29.1 Å². The number of rotatable bonds is 4. The largest absolute Gasteiger partial charge is 0.346 e. The minimum Gasteiger partial charge on any atom is -0.346 e. The van der Waals surface area contributed by atoms with E-state index in [9.17, 15) is 9.59 Å². The van der Waals surface area contributed by atoms with Crippen LogP contribution in [0.2, 0.25) is 5.02 Å². The van der Waals surface area contributed by atoms with Gasteiger partial charge in [-0.15, -0.1) is 10.2 Å². The molecule has 0 saturated carbocycles. The lowest BCUT2D eigenvalue weighted by atomic mass is 10.1. The van der Waals surface area contributed by atoms with Crippen LogP contribution in [0.4, 0.5) is 5.13 Å². The number of anilines is 1. The Balaban J connectivity index is 2.07. The fourth-order valence-electron chi connectivity index (χ4n) is 2.75. The first-order valence-electron chi connectivity index (χ1n) is 8.30. The summed E-state index contributed by atoms with van der Waals surface area (Å²) in [5, 5.41) is 13.0. The maximum absolute atomic E-state index is 12.9. The Morgan fingerprint density at radius 2 is 2.08 bits per heavy atom. The third kappa shape index (κ3) is 3.24. The van der Waals surface area contributed by atoms with Gasteiger partial charge in [-0.3, -0.25) is 14.9 Å². The van der Waals surface area contributed by atoms with Gasteiger partial charge in [0.25, 0.3) is 5.91 Å². The van der Waals surface area contributed by atoms with Crippen LogP contribution in [0.5, 0.6) is 0 Å². The van der Waals surface area contributed by atoms with Crippen molar-refractivity contribution >= 4 is 44.9 Å². The molecule has 0 aliphatic rings. The molecule has 0 saturated heterocycles. The first-order chi connectivity index (χ1) is 12.3. The van der Waals surface area contributed by atoms with Crippen molar-refractivity contribution in [3.8, 4) is 0 Å². The monoisotopic (exact) mass is 390 g/mol. The Bertz CT molecular complexity index is 1060. The second kappa shape index (κ2) is 7.17. The van der Waals surface area contributed by atoms with E-state index in [2.05, 4.69) is 15.5 Å². The van der Waals surface area contributed by atoms with Crippen molar-refractivity contribution in [1.29, 1.82) is 0 Å². The van der Waals surface area contributed by atoms with E-state index < -0.39 is 5.91 Å². The quantitative estimate of drug-likeness (QED) is 0.723. The Hall–Kier alpha value is -2.25. The zero-order valence-corrected chi connectivity index (χ0v) is 16.5. The summed E-state index contributed by atoms with van der Waals surface area (Å²) in [6.45, 7) is 8.43. The number of fused-ring (bicyclic) bond motifs is 1. The minimum absolute atomic E-state index is 0.0716. The van der Waals surface area contributed by atoms with E-state index in [1.807, 2.05) is 32.3 Å². The van der Waals surface area contributed by atoms with Crippen LogP contribution in [-0.2, 0) is 6.54 Å². The Morgan fingerprint density at radius 3 is 2.69 bits per heavy atom. The van der Waals surface area contributed by atoms with Crippen molar-refractivity contribution < 1.29 is 4.79 Å². The molecule has 0 aliphatic carbocycles. The lowest BCUT2D eigenvalue weighted by molar-refractivity contribution is 0.102. The highest BCUT2D eigenvalue weighted by molar-refractivity contribution is 7.15. The molecule has 0 atom stereocenters. The Kier molecular flexibility index (Phi) is 5.11. The number of hydrogen-bond donors (Lipinski definition) is 1. The molecule has 2 aromatic heterocycles. The zero-order chi connectivity index (χ0) is 19.0. The van der Waals surface area contributed by atoms with Crippen LogP contribution in [0.25, 0.3) is 10.9 Å². The molecule has 136 valence electrons. The van der Waals surface area contributed by atoms with Gasteiger partial charge in [0.15, 0.2) is 0 Å². The van der Waals surface area contributed by atoms with Crippen LogP contribution >= 0.6 is 22.9 Å². The van der Waals surface area contributed by atoms with Crippen LogP contribution in [0.1, 0.15) is 47.6 Å². The average Bonchev–Trinajstić information content (AvgIpc) is 3.07. The van der Waals surface area contributed by atoms with Crippen molar-refractivity contribution in [3.63, 3.8) is 0 Å². The number of amides is 1. The van der Waals surface area contributed by atoms with Gasteiger partial charge < -0.3 is 4.57 Å². The molecule has 8 heteroatoms. The highest BCUT2D eigenvalue weighted by Crippen LogP contribution is 2.25. The normalized spacial score (nSPS) is 11.3. The fourth-order valence-corrected chi connectivity index (χ4v) is 3.64. The van der Waals surface area contributed by atoms with E-state index in [1.54, 1.807) is 18.3 Å². The van der Waals surface area contributed by atoms with Crippen molar-refractivity contribution in [2.45, 2.75) is 40.2 Å². The van der Waals surface area contributed by atoms with Crippen LogP contribution in [-0.4, -0.2) is 20.7 Å². The molecule has 26 heavy (non-hydrogen) atoms. The zero-order valence-electron chi connectivity index (χ0n) is 15.0. The summed E-state index contributed by atoms with van der Waals surface area (Å²) in [4.78, 5) is 25.5. The summed E-state index contributed by atoms with van der Waals surface area (Å²) in [7, 11) is 0. The van der Waals surface area contributed by atoms with Crippen molar-refractivity contribution in [2.24, 2.45) is 0 Å². The number of benzene rings is 1. The number of carbonyl (C=O) groups excluding carboxylic acids is 1. The minimum atomic E-state index is -0.488. The molecular weight excluding hydrogens is 372 g/mol. The number of carbonyl (C=O) groups is 1. The fraction of sp³-hybridized carbons (Fsp3) is 0.333. The molecule has 3 aromatic rings. The van der Waals surface area contributed by atoms with E-state index >= 15 is 0 Å². The molecule has 2 heterocycles. The molecule has 6 nitrogen and oxygen atoms in total. The Labute approximate surface area is 159 Å². The number of nitrogens with one attached hydrogen (secondary N) is 1. The molecule has 0 aliphatic heterocycles.